The smallest absolute Gasteiger partial charge is 0.325 e. The van der Waals surface area contributed by atoms with Crippen molar-refractivity contribution in [3.8, 4) is 0 Å². The molecule has 3 N–H and O–H groups in total. The van der Waals surface area contributed by atoms with Crippen molar-refractivity contribution < 1.29 is 19.8 Å². The molecule has 0 radical (unpaired) electrons. The maximum Gasteiger partial charge on any atom is 0.325 e. The number of carbonyl (C=O) groups is 2. The molecule has 12 heavy (non-hydrogen) atoms. The van der Waals surface area contributed by atoms with Crippen molar-refractivity contribution in [2.24, 2.45) is 0 Å². The lowest BCUT2D eigenvalue weighted by Gasteiger charge is -2.09. The molecule has 0 fully saturated rings. The first-order valence-electron chi connectivity index (χ1n) is 3.63. The number of aliphatic hydroxyl groups excluding tert-OH is 1. The summed E-state index contributed by atoms with van der Waals surface area (Å²) in [7, 11) is 0. The van der Waals surface area contributed by atoms with Crippen LogP contribution in [0.25, 0.3) is 0 Å². The number of carboxylic acid groups (broad SMARTS) is 1. The van der Waals surface area contributed by atoms with Crippen LogP contribution in [0.15, 0.2) is 0 Å². The predicted octanol–water partition coefficient (Wildman–Crippen LogP) is -0.653. The monoisotopic (exact) mass is 175 g/mol. The van der Waals surface area contributed by atoms with E-state index in [-0.39, 0.29) is 6.42 Å². The summed E-state index contributed by atoms with van der Waals surface area (Å²) in [4.78, 5) is 21.1. The van der Waals surface area contributed by atoms with Crippen molar-refractivity contribution >= 4 is 11.9 Å². The minimum absolute atomic E-state index is 0.0718. The van der Waals surface area contributed by atoms with Gasteiger partial charge in [0.05, 0.1) is 12.5 Å². The van der Waals surface area contributed by atoms with Crippen LogP contribution in [-0.4, -0.2) is 34.2 Å². The SMILES string of the molecule is CC(O)CC(=O)N[C@H](C)C(=O)O. The summed E-state index contributed by atoms with van der Waals surface area (Å²) in [6.45, 7) is 2.83. The van der Waals surface area contributed by atoms with Gasteiger partial charge in [0, 0.05) is 0 Å². The summed E-state index contributed by atoms with van der Waals surface area (Å²) in [5, 5.41) is 19.4. The number of aliphatic hydroxyl groups is 1. The van der Waals surface area contributed by atoms with E-state index in [0.717, 1.165) is 0 Å². The van der Waals surface area contributed by atoms with Crippen LogP contribution in [0.5, 0.6) is 0 Å². The first-order chi connectivity index (χ1) is 5.43. The van der Waals surface area contributed by atoms with Gasteiger partial charge in [-0.15, -0.1) is 0 Å². The van der Waals surface area contributed by atoms with Crippen LogP contribution in [-0.2, 0) is 9.59 Å². The van der Waals surface area contributed by atoms with Gasteiger partial charge in [-0.1, -0.05) is 0 Å². The Morgan fingerprint density at radius 3 is 2.25 bits per heavy atom. The highest BCUT2D eigenvalue weighted by Gasteiger charge is 2.14. The standard InChI is InChI=1S/C7H13NO4/c1-4(9)3-6(10)8-5(2)7(11)12/h4-5,9H,3H2,1-2H3,(H,8,10)(H,11,12)/t4?,5-/m1/s1. The molecule has 0 saturated carbocycles. The maximum absolute atomic E-state index is 10.8. The summed E-state index contributed by atoms with van der Waals surface area (Å²) in [6, 6.07) is -0.906. The second-order valence-corrected chi connectivity index (χ2v) is 2.68. The number of amides is 1. The molecule has 5 nitrogen and oxygen atoms in total. The molecule has 2 atom stereocenters. The summed E-state index contributed by atoms with van der Waals surface area (Å²) in [6.07, 6.45) is -0.816. The van der Waals surface area contributed by atoms with E-state index in [9.17, 15) is 9.59 Å². The lowest BCUT2D eigenvalue weighted by atomic mass is 10.2. The molecule has 0 aliphatic heterocycles. The minimum atomic E-state index is -1.09. The number of carboxylic acids is 1. The van der Waals surface area contributed by atoms with Gasteiger partial charge in [-0.2, -0.15) is 0 Å². The lowest BCUT2D eigenvalue weighted by molar-refractivity contribution is -0.141. The quantitative estimate of drug-likeness (QED) is 0.529. The third-order valence-corrected chi connectivity index (χ3v) is 1.23. The first kappa shape index (κ1) is 10.9. The van der Waals surface area contributed by atoms with Gasteiger partial charge in [-0.25, -0.2) is 0 Å². The van der Waals surface area contributed by atoms with Crippen LogP contribution >= 0.6 is 0 Å². The van der Waals surface area contributed by atoms with Crippen LogP contribution in [0.4, 0.5) is 0 Å². The van der Waals surface area contributed by atoms with Crippen molar-refractivity contribution in [1.82, 2.24) is 5.32 Å². The van der Waals surface area contributed by atoms with E-state index in [0.29, 0.717) is 0 Å². The predicted molar refractivity (Wildman–Crippen MR) is 41.5 cm³/mol. The Kier molecular flexibility index (Phi) is 4.28. The Bertz CT molecular complexity index is 178. The van der Waals surface area contributed by atoms with E-state index in [4.69, 9.17) is 10.2 Å². The summed E-state index contributed by atoms with van der Waals surface area (Å²) in [5.41, 5.74) is 0. The lowest BCUT2D eigenvalue weighted by Crippen LogP contribution is -2.39. The normalized spacial score (nSPS) is 14.9. The molecular formula is C7H13NO4. The number of carbonyl (C=O) groups excluding carboxylic acids is 1. The molecule has 1 unspecified atom stereocenters. The zero-order valence-electron chi connectivity index (χ0n) is 7.07. The summed E-state index contributed by atoms with van der Waals surface area (Å²) in [5.74, 6) is -1.55. The van der Waals surface area contributed by atoms with Gasteiger partial charge >= 0.3 is 5.97 Å². The van der Waals surface area contributed by atoms with Gasteiger partial charge in [0.25, 0.3) is 0 Å². The zero-order valence-corrected chi connectivity index (χ0v) is 7.07. The van der Waals surface area contributed by atoms with Gasteiger partial charge < -0.3 is 15.5 Å². The van der Waals surface area contributed by atoms with Crippen molar-refractivity contribution in [1.29, 1.82) is 0 Å². The summed E-state index contributed by atoms with van der Waals surface area (Å²) >= 11 is 0. The van der Waals surface area contributed by atoms with Gasteiger partial charge in [0.15, 0.2) is 0 Å². The van der Waals surface area contributed by atoms with E-state index in [1.54, 1.807) is 0 Å². The Balaban J connectivity index is 3.77. The van der Waals surface area contributed by atoms with Gasteiger partial charge in [-0.05, 0) is 13.8 Å². The van der Waals surface area contributed by atoms with Crippen LogP contribution in [0.1, 0.15) is 20.3 Å². The fraction of sp³-hybridized carbons (Fsp3) is 0.714. The van der Waals surface area contributed by atoms with Crippen LogP contribution in [0, 0.1) is 0 Å². The molecular weight excluding hydrogens is 162 g/mol. The Morgan fingerprint density at radius 2 is 1.92 bits per heavy atom. The molecule has 0 aromatic rings. The Hall–Kier alpha value is -1.10. The van der Waals surface area contributed by atoms with E-state index < -0.39 is 24.0 Å². The molecule has 0 spiro atoms. The number of nitrogens with one attached hydrogen (secondary N) is 1. The number of hydrogen-bond donors (Lipinski definition) is 3. The van der Waals surface area contributed by atoms with E-state index in [1.165, 1.54) is 13.8 Å². The van der Waals surface area contributed by atoms with E-state index >= 15 is 0 Å². The largest absolute Gasteiger partial charge is 0.480 e. The third kappa shape index (κ3) is 4.68. The molecule has 0 aromatic heterocycles. The Morgan fingerprint density at radius 1 is 1.42 bits per heavy atom. The third-order valence-electron chi connectivity index (χ3n) is 1.23. The second kappa shape index (κ2) is 4.71. The van der Waals surface area contributed by atoms with Crippen molar-refractivity contribution in [2.45, 2.75) is 32.4 Å². The van der Waals surface area contributed by atoms with Crippen molar-refractivity contribution in [3.63, 3.8) is 0 Å². The van der Waals surface area contributed by atoms with E-state index in [2.05, 4.69) is 5.32 Å². The number of hydrogen-bond acceptors (Lipinski definition) is 3. The highest BCUT2D eigenvalue weighted by Crippen LogP contribution is 1.90. The molecule has 0 heterocycles. The Labute approximate surface area is 70.4 Å². The average Bonchev–Trinajstić information content (AvgIpc) is 1.84. The minimum Gasteiger partial charge on any atom is -0.480 e. The average molecular weight is 175 g/mol. The molecule has 0 saturated heterocycles. The molecule has 1 amide bonds. The fourth-order valence-corrected chi connectivity index (χ4v) is 0.630. The fourth-order valence-electron chi connectivity index (χ4n) is 0.630. The van der Waals surface area contributed by atoms with Crippen LogP contribution in [0.3, 0.4) is 0 Å². The van der Waals surface area contributed by atoms with Gasteiger partial charge in [0.2, 0.25) is 5.91 Å². The highest BCUT2D eigenvalue weighted by molar-refractivity contribution is 5.83. The maximum atomic E-state index is 10.8. The topological polar surface area (TPSA) is 86.6 Å². The number of aliphatic carboxylic acids is 1. The highest BCUT2D eigenvalue weighted by atomic mass is 16.4. The molecule has 70 valence electrons. The second-order valence-electron chi connectivity index (χ2n) is 2.68. The molecule has 0 aliphatic rings. The van der Waals surface area contributed by atoms with Gasteiger partial charge in [-0.3, -0.25) is 9.59 Å². The van der Waals surface area contributed by atoms with Gasteiger partial charge in [0.1, 0.15) is 6.04 Å². The first-order valence-corrected chi connectivity index (χ1v) is 3.63. The van der Waals surface area contributed by atoms with Crippen molar-refractivity contribution in [2.75, 3.05) is 0 Å². The zero-order chi connectivity index (χ0) is 9.72. The van der Waals surface area contributed by atoms with Crippen LogP contribution in [0.2, 0.25) is 0 Å². The molecule has 0 aliphatic carbocycles. The number of rotatable bonds is 4. The summed E-state index contributed by atoms with van der Waals surface area (Å²) < 4.78 is 0. The molecule has 0 aromatic carbocycles. The molecule has 0 bridgehead atoms. The van der Waals surface area contributed by atoms with Crippen molar-refractivity contribution in [3.05, 3.63) is 0 Å². The molecule has 0 rings (SSSR count). The molecule has 5 heteroatoms. The van der Waals surface area contributed by atoms with E-state index in [1.807, 2.05) is 0 Å². The van der Waals surface area contributed by atoms with Crippen LogP contribution < -0.4 is 5.32 Å².